The third-order valence-corrected chi connectivity index (χ3v) is 4.72. The van der Waals surface area contributed by atoms with Gasteiger partial charge in [0.2, 0.25) is 5.91 Å². The fourth-order valence-electron chi connectivity index (χ4n) is 3.53. The normalized spacial score (nSPS) is 46.7. The average Bonchev–Trinajstić information content (AvgIpc) is 2.02. The van der Waals surface area contributed by atoms with Crippen LogP contribution in [0, 0.1) is 29.1 Å². The second-order valence-corrected chi connectivity index (χ2v) is 5.46. The average molecular weight is 181 g/mol. The van der Waals surface area contributed by atoms with Gasteiger partial charge in [-0.2, -0.15) is 0 Å². The van der Waals surface area contributed by atoms with Crippen LogP contribution in [0.2, 0.25) is 0 Å². The number of fused-ring (bicyclic) bond motifs is 2. The highest BCUT2D eigenvalue weighted by Crippen LogP contribution is 2.62. The molecule has 2 N–H and O–H groups in total. The van der Waals surface area contributed by atoms with Crippen molar-refractivity contribution in [1.82, 2.24) is 0 Å². The zero-order valence-corrected chi connectivity index (χ0v) is 8.71. The fourth-order valence-corrected chi connectivity index (χ4v) is 3.53. The van der Waals surface area contributed by atoms with Gasteiger partial charge in [-0.15, -0.1) is 0 Å². The van der Waals surface area contributed by atoms with Gasteiger partial charge < -0.3 is 5.73 Å². The first-order chi connectivity index (χ1) is 5.94. The molecule has 3 saturated carbocycles. The van der Waals surface area contributed by atoms with Gasteiger partial charge in [0.15, 0.2) is 0 Å². The molecule has 0 aromatic heterocycles. The van der Waals surface area contributed by atoms with Crippen LogP contribution in [-0.4, -0.2) is 5.91 Å². The van der Waals surface area contributed by atoms with Crippen molar-refractivity contribution in [3.8, 4) is 0 Å². The van der Waals surface area contributed by atoms with Crippen LogP contribution in [0.1, 0.15) is 33.6 Å². The number of hydrogen-bond acceptors (Lipinski definition) is 1. The lowest BCUT2D eigenvalue weighted by molar-refractivity contribution is -0.151. The molecule has 13 heavy (non-hydrogen) atoms. The molecule has 0 heterocycles. The van der Waals surface area contributed by atoms with E-state index in [9.17, 15) is 4.79 Å². The Morgan fingerprint density at radius 2 is 2.00 bits per heavy atom. The summed E-state index contributed by atoms with van der Waals surface area (Å²) in [5.41, 5.74) is 5.85. The van der Waals surface area contributed by atoms with Crippen LogP contribution in [0.25, 0.3) is 0 Å². The summed E-state index contributed by atoms with van der Waals surface area (Å²) in [7, 11) is 0. The molecule has 3 aliphatic carbocycles. The summed E-state index contributed by atoms with van der Waals surface area (Å²) in [6.07, 6.45) is 2.35. The van der Waals surface area contributed by atoms with E-state index in [0.29, 0.717) is 11.3 Å². The molecule has 1 amide bonds. The second-order valence-electron chi connectivity index (χ2n) is 5.46. The SMILES string of the molecule is CC1C(C(N)=O)CC2CC1C2(C)C. The molecule has 2 bridgehead atoms. The summed E-state index contributed by atoms with van der Waals surface area (Å²) in [6.45, 7) is 6.86. The predicted octanol–water partition coefficient (Wildman–Crippen LogP) is 1.79. The smallest absolute Gasteiger partial charge is 0.220 e. The van der Waals surface area contributed by atoms with Crippen molar-refractivity contribution in [2.75, 3.05) is 0 Å². The van der Waals surface area contributed by atoms with E-state index in [-0.39, 0.29) is 11.8 Å². The molecular weight excluding hydrogens is 162 g/mol. The lowest BCUT2D eigenvalue weighted by atomic mass is 9.43. The number of carbonyl (C=O) groups excluding carboxylic acids is 1. The van der Waals surface area contributed by atoms with Gasteiger partial charge in [0, 0.05) is 5.92 Å². The molecule has 4 atom stereocenters. The van der Waals surface area contributed by atoms with Crippen molar-refractivity contribution < 1.29 is 4.79 Å². The minimum absolute atomic E-state index is 0.0855. The topological polar surface area (TPSA) is 43.1 Å². The van der Waals surface area contributed by atoms with Crippen LogP contribution in [0.4, 0.5) is 0 Å². The van der Waals surface area contributed by atoms with Gasteiger partial charge in [-0.25, -0.2) is 0 Å². The minimum atomic E-state index is -0.0855. The molecule has 0 aliphatic heterocycles. The van der Waals surface area contributed by atoms with E-state index >= 15 is 0 Å². The van der Waals surface area contributed by atoms with E-state index in [0.717, 1.165) is 18.3 Å². The molecule has 3 rings (SSSR count). The Balaban J connectivity index is 2.16. The van der Waals surface area contributed by atoms with E-state index < -0.39 is 0 Å². The van der Waals surface area contributed by atoms with Crippen LogP contribution in [-0.2, 0) is 4.79 Å². The molecule has 0 radical (unpaired) electrons. The van der Waals surface area contributed by atoms with Crippen LogP contribution in [0.3, 0.4) is 0 Å². The summed E-state index contributed by atoms with van der Waals surface area (Å²) in [5.74, 6) is 2.03. The molecule has 0 aromatic rings. The molecule has 74 valence electrons. The number of rotatable bonds is 1. The van der Waals surface area contributed by atoms with Gasteiger partial charge in [0.1, 0.15) is 0 Å². The van der Waals surface area contributed by atoms with E-state index in [1.54, 1.807) is 0 Å². The largest absolute Gasteiger partial charge is 0.369 e. The van der Waals surface area contributed by atoms with Crippen molar-refractivity contribution in [3.05, 3.63) is 0 Å². The molecule has 3 aliphatic rings. The van der Waals surface area contributed by atoms with Crippen LogP contribution in [0.15, 0.2) is 0 Å². The Kier molecular flexibility index (Phi) is 1.73. The molecule has 0 saturated heterocycles. The lowest BCUT2D eigenvalue weighted by Crippen LogP contribution is -2.57. The monoisotopic (exact) mass is 181 g/mol. The lowest BCUT2D eigenvalue weighted by Gasteiger charge is -2.61. The maximum Gasteiger partial charge on any atom is 0.220 e. The summed E-state index contributed by atoms with van der Waals surface area (Å²) >= 11 is 0. The molecule has 3 fully saturated rings. The van der Waals surface area contributed by atoms with Crippen molar-refractivity contribution in [1.29, 1.82) is 0 Å². The maximum absolute atomic E-state index is 11.2. The maximum atomic E-state index is 11.2. The summed E-state index contributed by atoms with van der Waals surface area (Å²) in [5, 5.41) is 0. The van der Waals surface area contributed by atoms with Crippen molar-refractivity contribution in [2.24, 2.45) is 34.8 Å². The highest BCUT2D eigenvalue weighted by molar-refractivity contribution is 5.77. The Labute approximate surface area is 79.9 Å². The van der Waals surface area contributed by atoms with Gasteiger partial charge in [0.25, 0.3) is 0 Å². The summed E-state index contributed by atoms with van der Waals surface area (Å²) < 4.78 is 0. The van der Waals surface area contributed by atoms with Crippen molar-refractivity contribution >= 4 is 5.91 Å². The van der Waals surface area contributed by atoms with Gasteiger partial charge >= 0.3 is 0 Å². The number of carbonyl (C=O) groups is 1. The molecule has 2 nitrogen and oxygen atoms in total. The van der Waals surface area contributed by atoms with Gasteiger partial charge in [-0.1, -0.05) is 20.8 Å². The Morgan fingerprint density at radius 1 is 1.38 bits per heavy atom. The minimum Gasteiger partial charge on any atom is -0.369 e. The molecule has 0 aromatic carbocycles. The zero-order valence-electron chi connectivity index (χ0n) is 8.71. The van der Waals surface area contributed by atoms with Gasteiger partial charge in [0.05, 0.1) is 0 Å². The second kappa shape index (κ2) is 2.49. The van der Waals surface area contributed by atoms with Crippen LogP contribution < -0.4 is 5.73 Å². The van der Waals surface area contributed by atoms with Gasteiger partial charge in [-0.3, -0.25) is 4.79 Å². The molecule has 4 unspecified atom stereocenters. The van der Waals surface area contributed by atoms with Gasteiger partial charge in [-0.05, 0) is 36.0 Å². The molecule has 2 heteroatoms. The Bertz CT molecular complexity index is 246. The number of amides is 1. The first-order valence-electron chi connectivity index (χ1n) is 5.24. The van der Waals surface area contributed by atoms with Crippen molar-refractivity contribution in [3.63, 3.8) is 0 Å². The van der Waals surface area contributed by atoms with E-state index in [2.05, 4.69) is 20.8 Å². The third-order valence-electron chi connectivity index (χ3n) is 4.72. The predicted molar refractivity (Wildman–Crippen MR) is 51.8 cm³/mol. The van der Waals surface area contributed by atoms with Crippen LogP contribution in [0.5, 0.6) is 0 Å². The standard InChI is InChI=1S/C11H19NO/c1-6-8(10(12)13)4-7-5-9(6)11(7,2)3/h6-9H,4-5H2,1-3H3,(H2,12,13). The molecule has 0 spiro atoms. The van der Waals surface area contributed by atoms with E-state index in [1.165, 1.54) is 6.42 Å². The summed E-state index contributed by atoms with van der Waals surface area (Å²) in [4.78, 5) is 11.2. The highest BCUT2D eigenvalue weighted by atomic mass is 16.1. The number of hydrogen-bond donors (Lipinski definition) is 1. The van der Waals surface area contributed by atoms with Crippen LogP contribution >= 0.6 is 0 Å². The first kappa shape index (κ1) is 9.04. The Hall–Kier alpha value is -0.530. The first-order valence-corrected chi connectivity index (χ1v) is 5.24. The number of nitrogens with two attached hydrogens (primary N) is 1. The van der Waals surface area contributed by atoms with E-state index in [4.69, 9.17) is 5.73 Å². The quantitative estimate of drug-likeness (QED) is 0.658. The number of primary amides is 1. The Morgan fingerprint density at radius 3 is 2.38 bits per heavy atom. The molecular formula is C11H19NO. The van der Waals surface area contributed by atoms with Crippen molar-refractivity contribution in [2.45, 2.75) is 33.6 Å². The van der Waals surface area contributed by atoms with E-state index in [1.807, 2.05) is 0 Å². The highest BCUT2D eigenvalue weighted by Gasteiger charge is 2.57. The third kappa shape index (κ3) is 1.04. The zero-order chi connectivity index (χ0) is 9.80. The summed E-state index contributed by atoms with van der Waals surface area (Å²) in [6, 6.07) is 0. The fraction of sp³-hybridized carbons (Fsp3) is 0.909.